The highest BCUT2D eigenvalue weighted by molar-refractivity contribution is 7.99. The van der Waals surface area contributed by atoms with E-state index >= 15 is 0 Å². The maximum atomic E-state index is 9.63. The van der Waals surface area contributed by atoms with Gasteiger partial charge in [-0.2, -0.15) is 0 Å². The molecule has 0 amide bonds. The van der Waals surface area contributed by atoms with Gasteiger partial charge in [0.25, 0.3) is 0 Å². The molecule has 0 atom stereocenters. The second-order valence-corrected chi connectivity index (χ2v) is 5.09. The van der Waals surface area contributed by atoms with Gasteiger partial charge in [-0.25, -0.2) is 4.68 Å². The highest BCUT2D eigenvalue weighted by Gasteiger charge is 2.17. The molecule has 7 nitrogen and oxygen atoms in total. The van der Waals surface area contributed by atoms with Crippen LogP contribution < -0.4 is 0 Å². The van der Waals surface area contributed by atoms with Gasteiger partial charge in [-0.15, -0.1) is 5.10 Å². The van der Waals surface area contributed by atoms with Gasteiger partial charge in [0, 0.05) is 20.0 Å². The summed E-state index contributed by atoms with van der Waals surface area (Å²) >= 11 is 1.39. The Labute approximate surface area is 104 Å². The molecule has 1 heterocycles. The Kier molecular flexibility index (Phi) is 5.31. The number of aromatic nitrogens is 4. The summed E-state index contributed by atoms with van der Waals surface area (Å²) in [7, 11) is 3.12. The number of ether oxygens (including phenoxy) is 2. The number of aliphatic hydroxyl groups is 1. The number of hydrogen-bond acceptors (Lipinski definition) is 7. The first-order valence-electron chi connectivity index (χ1n) is 5.13. The van der Waals surface area contributed by atoms with Gasteiger partial charge in [0.05, 0.1) is 12.1 Å². The topological polar surface area (TPSA) is 82.3 Å². The fourth-order valence-electron chi connectivity index (χ4n) is 1.04. The lowest BCUT2D eigenvalue weighted by molar-refractivity contribution is -0.113. The Hall–Kier alpha value is -0.700. The zero-order valence-electron chi connectivity index (χ0n) is 10.5. The smallest absolute Gasteiger partial charge is 0.209 e. The second-order valence-electron chi connectivity index (χ2n) is 4.15. The summed E-state index contributed by atoms with van der Waals surface area (Å²) in [5.41, 5.74) is -0.761. The van der Waals surface area contributed by atoms with Crippen molar-refractivity contribution in [3.05, 3.63) is 0 Å². The van der Waals surface area contributed by atoms with E-state index in [0.717, 1.165) is 0 Å². The van der Waals surface area contributed by atoms with Gasteiger partial charge in [-0.3, -0.25) is 0 Å². The SMILES string of the molecule is COC(Cn1nnnc1SCC(C)(C)O)OC. The summed E-state index contributed by atoms with van der Waals surface area (Å²) < 4.78 is 11.7. The zero-order valence-corrected chi connectivity index (χ0v) is 11.3. The number of rotatable bonds is 7. The predicted octanol–water partition coefficient (Wildman–Crippen LogP) is 0.155. The Balaban J connectivity index is 2.59. The lowest BCUT2D eigenvalue weighted by atomic mass is 10.2. The normalized spacial score (nSPS) is 12.4. The molecule has 0 unspecified atom stereocenters. The van der Waals surface area contributed by atoms with Crippen LogP contribution in [0.1, 0.15) is 13.8 Å². The van der Waals surface area contributed by atoms with E-state index in [2.05, 4.69) is 15.5 Å². The van der Waals surface area contributed by atoms with Gasteiger partial charge in [0.15, 0.2) is 6.29 Å². The quantitative estimate of drug-likeness (QED) is 0.553. The molecule has 0 saturated carbocycles. The van der Waals surface area contributed by atoms with Crippen molar-refractivity contribution in [2.75, 3.05) is 20.0 Å². The third-order valence-electron chi connectivity index (χ3n) is 1.90. The molecule has 0 aliphatic carbocycles. The predicted molar refractivity (Wildman–Crippen MR) is 62.6 cm³/mol. The minimum Gasteiger partial charge on any atom is -0.390 e. The summed E-state index contributed by atoms with van der Waals surface area (Å²) in [4.78, 5) is 0. The first-order valence-corrected chi connectivity index (χ1v) is 6.12. The molecule has 1 N–H and O–H groups in total. The van der Waals surface area contributed by atoms with Crippen molar-refractivity contribution >= 4 is 11.8 Å². The van der Waals surface area contributed by atoms with Gasteiger partial charge in [0.1, 0.15) is 0 Å². The highest BCUT2D eigenvalue weighted by Crippen LogP contribution is 2.19. The molecule has 17 heavy (non-hydrogen) atoms. The van der Waals surface area contributed by atoms with E-state index in [9.17, 15) is 5.11 Å². The number of tetrazole rings is 1. The van der Waals surface area contributed by atoms with Crippen LogP contribution in [0.15, 0.2) is 5.16 Å². The van der Waals surface area contributed by atoms with E-state index in [1.165, 1.54) is 11.8 Å². The van der Waals surface area contributed by atoms with Crippen LogP contribution in [0.5, 0.6) is 0 Å². The molecule has 8 heteroatoms. The number of hydrogen-bond donors (Lipinski definition) is 1. The maximum Gasteiger partial charge on any atom is 0.209 e. The largest absolute Gasteiger partial charge is 0.390 e. The number of thioether (sulfide) groups is 1. The van der Waals surface area contributed by atoms with Gasteiger partial charge in [-0.05, 0) is 24.3 Å². The summed E-state index contributed by atoms with van der Waals surface area (Å²) in [6.07, 6.45) is -0.389. The van der Waals surface area contributed by atoms with Crippen LogP contribution >= 0.6 is 11.8 Å². The molecule has 0 aliphatic heterocycles. The standard InChI is InChI=1S/C9H18N4O3S/c1-9(2,14)6-17-8-10-11-12-13(8)5-7(15-3)16-4/h7,14H,5-6H2,1-4H3. The van der Waals surface area contributed by atoms with Crippen LogP contribution in [-0.4, -0.2) is 57.2 Å². The molecule has 1 aromatic heterocycles. The molecule has 0 spiro atoms. The van der Waals surface area contributed by atoms with Gasteiger partial charge < -0.3 is 14.6 Å². The van der Waals surface area contributed by atoms with E-state index in [1.54, 1.807) is 32.7 Å². The number of nitrogens with zero attached hydrogens (tertiary/aromatic N) is 4. The second kappa shape index (κ2) is 6.29. The third-order valence-corrected chi connectivity index (χ3v) is 3.30. The minimum atomic E-state index is -0.761. The molecular formula is C9H18N4O3S. The summed E-state index contributed by atoms with van der Waals surface area (Å²) in [5, 5.41) is 21.6. The van der Waals surface area contributed by atoms with Crippen molar-refractivity contribution in [1.82, 2.24) is 20.2 Å². The molecular weight excluding hydrogens is 244 g/mol. The lowest BCUT2D eigenvalue weighted by Gasteiger charge is -2.16. The fourth-order valence-corrected chi connectivity index (χ4v) is 1.88. The molecule has 1 rings (SSSR count). The summed E-state index contributed by atoms with van der Waals surface area (Å²) in [5.74, 6) is 0.512. The Morgan fingerprint density at radius 3 is 2.59 bits per heavy atom. The maximum absolute atomic E-state index is 9.63. The van der Waals surface area contributed by atoms with Crippen LogP contribution in [0.3, 0.4) is 0 Å². The summed E-state index contributed by atoms with van der Waals surface area (Å²) in [6.45, 7) is 3.89. The molecule has 1 aromatic rings. The Morgan fingerprint density at radius 1 is 1.41 bits per heavy atom. The Morgan fingerprint density at radius 2 is 2.06 bits per heavy atom. The average molecular weight is 262 g/mol. The van der Waals surface area contributed by atoms with E-state index in [0.29, 0.717) is 17.5 Å². The molecule has 0 aromatic carbocycles. The van der Waals surface area contributed by atoms with Crippen LogP contribution in [0.25, 0.3) is 0 Å². The van der Waals surface area contributed by atoms with Crippen molar-refractivity contribution in [3.63, 3.8) is 0 Å². The highest BCUT2D eigenvalue weighted by atomic mass is 32.2. The van der Waals surface area contributed by atoms with Crippen molar-refractivity contribution in [2.24, 2.45) is 0 Å². The van der Waals surface area contributed by atoms with Gasteiger partial charge in [0.2, 0.25) is 5.16 Å². The number of methoxy groups -OCH3 is 2. The fraction of sp³-hybridized carbons (Fsp3) is 0.889. The van der Waals surface area contributed by atoms with Crippen molar-refractivity contribution in [3.8, 4) is 0 Å². The molecule has 0 radical (unpaired) electrons. The molecule has 0 bridgehead atoms. The monoisotopic (exact) mass is 262 g/mol. The van der Waals surface area contributed by atoms with Crippen LogP contribution in [0.4, 0.5) is 0 Å². The van der Waals surface area contributed by atoms with Gasteiger partial charge >= 0.3 is 0 Å². The van der Waals surface area contributed by atoms with Crippen LogP contribution in [-0.2, 0) is 16.0 Å². The first kappa shape index (κ1) is 14.4. The third kappa shape index (κ3) is 4.99. The van der Waals surface area contributed by atoms with Crippen molar-refractivity contribution < 1.29 is 14.6 Å². The van der Waals surface area contributed by atoms with E-state index in [-0.39, 0.29) is 6.29 Å². The molecule has 0 aliphatic rings. The van der Waals surface area contributed by atoms with Crippen LogP contribution in [0, 0.1) is 0 Å². The lowest BCUT2D eigenvalue weighted by Crippen LogP contribution is -2.24. The summed E-state index contributed by atoms with van der Waals surface area (Å²) in [6, 6.07) is 0. The molecule has 0 saturated heterocycles. The molecule has 98 valence electrons. The molecule has 0 fully saturated rings. The van der Waals surface area contributed by atoms with Crippen molar-refractivity contribution in [2.45, 2.75) is 37.4 Å². The van der Waals surface area contributed by atoms with E-state index in [4.69, 9.17) is 9.47 Å². The van der Waals surface area contributed by atoms with E-state index in [1.807, 2.05) is 0 Å². The Bertz CT molecular complexity index is 335. The van der Waals surface area contributed by atoms with E-state index < -0.39 is 5.60 Å². The van der Waals surface area contributed by atoms with Gasteiger partial charge in [-0.1, -0.05) is 11.8 Å². The van der Waals surface area contributed by atoms with Crippen LogP contribution in [0.2, 0.25) is 0 Å². The first-order chi connectivity index (χ1) is 7.96. The minimum absolute atomic E-state index is 0.389. The average Bonchev–Trinajstić information content (AvgIpc) is 2.69. The zero-order chi connectivity index (χ0) is 12.9. The van der Waals surface area contributed by atoms with Crippen molar-refractivity contribution in [1.29, 1.82) is 0 Å².